The van der Waals surface area contributed by atoms with Gasteiger partial charge in [-0.3, -0.25) is 0 Å². The highest BCUT2D eigenvalue weighted by atomic mass is 19.3. The Morgan fingerprint density at radius 1 is 1.18 bits per heavy atom. The predicted molar refractivity (Wildman–Crippen MR) is 36.6 cm³/mol. The van der Waals surface area contributed by atoms with E-state index in [2.05, 4.69) is 0 Å². The molecule has 1 atom stereocenters. The fourth-order valence-electron chi connectivity index (χ4n) is 1.76. The Morgan fingerprint density at radius 3 is 2.18 bits per heavy atom. The summed E-state index contributed by atoms with van der Waals surface area (Å²) in [7, 11) is 0. The molecule has 1 saturated heterocycles. The first-order chi connectivity index (χ1) is 5.17. The lowest BCUT2D eigenvalue weighted by Crippen LogP contribution is -2.26. The molecule has 0 amide bonds. The van der Waals surface area contributed by atoms with Crippen LogP contribution in [-0.2, 0) is 4.74 Å². The third-order valence-corrected chi connectivity index (χ3v) is 2.65. The third kappa shape index (κ3) is 1.70. The Balaban J connectivity index is 1.84. The molecule has 3 heteroatoms. The quantitative estimate of drug-likeness (QED) is 0.538. The molecule has 0 N–H and O–H groups in total. The molecular formula is C8H12F2O. The zero-order chi connectivity index (χ0) is 7.90. The van der Waals surface area contributed by atoms with Crippen molar-refractivity contribution in [2.75, 3.05) is 6.61 Å². The van der Waals surface area contributed by atoms with Crippen LogP contribution in [0.1, 0.15) is 25.7 Å². The first-order valence-corrected chi connectivity index (χ1v) is 4.17. The van der Waals surface area contributed by atoms with Crippen LogP contribution in [0.4, 0.5) is 8.78 Å². The van der Waals surface area contributed by atoms with Crippen molar-refractivity contribution in [3.63, 3.8) is 0 Å². The van der Waals surface area contributed by atoms with E-state index in [1.54, 1.807) is 0 Å². The summed E-state index contributed by atoms with van der Waals surface area (Å²) in [5.74, 6) is -1.96. The van der Waals surface area contributed by atoms with Crippen LogP contribution in [-0.4, -0.2) is 18.6 Å². The van der Waals surface area contributed by atoms with Crippen LogP contribution in [0.3, 0.4) is 0 Å². The molecule has 1 nitrogen and oxygen atoms in total. The van der Waals surface area contributed by atoms with Crippen LogP contribution in [0.5, 0.6) is 0 Å². The number of rotatable bonds is 1. The molecule has 1 saturated carbocycles. The second-order valence-electron chi connectivity index (χ2n) is 3.57. The Morgan fingerprint density at radius 2 is 1.73 bits per heavy atom. The molecular weight excluding hydrogens is 150 g/mol. The Hall–Kier alpha value is -0.180. The fourth-order valence-corrected chi connectivity index (χ4v) is 1.76. The van der Waals surface area contributed by atoms with Gasteiger partial charge in [-0.05, 0) is 18.8 Å². The van der Waals surface area contributed by atoms with Crippen molar-refractivity contribution in [2.45, 2.75) is 37.7 Å². The van der Waals surface area contributed by atoms with E-state index >= 15 is 0 Å². The van der Waals surface area contributed by atoms with Gasteiger partial charge in [0.15, 0.2) is 0 Å². The topological polar surface area (TPSA) is 12.5 Å². The highest BCUT2D eigenvalue weighted by molar-refractivity contribution is 4.86. The van der Waals surface area contributed by atoms with Crippen molar-refractivity contribution in [1.29, 1.82) is 0 Å². The number of epoxide rings is 1. The maximum absolute atomic E-state index is 12.6. The summed E-state index contributed by atoms with van der Waals surface area (Å²) >= 11 is 0. The first kappa shape index (κ1) is 7.47. The molecule has 0 radical (unpaired) electrons. The molecule has 0 aromatic rings. The summed E-state index contributed by atoms with van der Waals surface area (Å²) in [6, 6.07) is 0. The summed E-state index contributed by atoms with van der Waals surface area (Å²) in [5.41, 5.74) is 0. The maximum Gasteiger partial charge on any atom is 0.248 e. The molecule has 1 aliphatic heterocycles. The summed E-state index contributed by atoms with van der Waals surface area (Å²) in [4.78, 5) is 0. The molecule has 0 aromatic heterocycles. The molecule has 11 heavy (non-hydrogen) atoms. The van der Waals surface area contributed by atoms with Gasteiger partial charge in [-0.2, -0.15) is 0 Å². The molecule has 0 spiro atoms. The zero-order valence-electron chi connectivity index (χ0n) is 6.35. The van der Waals surface area contributed by atoms with Crippen molar-refractivity contribution < 1.29 is 13.5 Å². The molecule has 2 fully saturated rings. The van der Waals surface area contributed by atoms with Gasteiger partial charge in [0.2, 0.25) is 5.92 Å². The van der Waals surface area contributed by atoms with Crippen LogP contribution in [0, 0.1) is 5.92 Å². The highest BCUT2D eigenvalue weighted by Gasteiger charge is 2.41. The van der Waals surface area contributed by atoms with Gasteiger partial charge in [-0.15, -0.1) is 0 Å². The molecule has 1 heterocycles. The molecule has 1 aliphatic carbocycles. The number of hydrogen-bond acceptors (Lipinski definition) is 1. The molecule has 0 aromatic carbocycles. The van der Waals surface area contributed by atoms with Crippen molar-refractivity contribution >= 4 is 0 Å². The third-order valence-electron chi connectivity index (χ3n) is 2.65. The van der Waals surface area contributed by atoms with E-state index in [0.29, 0.717) is 24.9 Å². The maximum atomic E-state index is 12.6. The zero-order valence-corrected chi connectivity index (χ0v) is 6.35. The Kier molecular flexibility index (Phi) is 1.63. The van der Waals surface area contributed by atoms with Gasteiger partial charge in [0.05, 0.1) is 12.7 Å². The van der Waals surface area contributed by atoms with Gasteiger partial charge < -0.3 is 4.74 Å². The number of hydrogen-bond donors (Lipinski definition) is 0. The number of alkyl halides is 2. The molecule has 64 valence electrons. The average molecular weight is 162 g/mol. The lowest BCUT2D eigenvalue weighted by atomic mass is 9.85. The van der Waals surface area contributed by atoms with Gasteiger partial charge in [-0.1, -0.05) is 0 Å². The van der Waals surface area contributed by atoms with Gasteiger partial charge in [-0.25, -0.2) is 8.78 Å². The van der Waals surface area contributed by atoms with Crippen LogP contribution in [0.15, 0.2) is 0 Å². The molecule has 2 aliphatic rings. The number of ether oxygens (including phenoxy) is 1. The second kappa shape index (κ2) is 2.41. The summed E-state index contributed by atoms with van der Waals surface area (Å²) < 4.78 is 30.3. The highest BCUT2D eigenvalue weighted by Crippen LogP contribution is 2.40. The van der Waals surface area contributed by atoms with Crippen LogP contribution >= 0.6 is 0 Å². The Labute approximate surface area is 64.7 Å². The SMILES string of the molecule is FC1(F)CCC([C@H]2CO2)CC1. The smallest absolute Gasteiger partial charge is 0.248 e. The minimum absolute atomic E-state index is 0.0670. The monoisotopic (exact) mass is 162 g/mol. The van der Waals surface area contributed by atoms with Gasteiger partial charge in [0, 0.05) is 12.8 Å². The normalized spacial score (nSPS) is 37.1. The standard InChI is InChI=1S/C8H12F2O/c9-8(10)3-1-6(2-4-8)7-5-11-7/h6-7H,1-5H2/t7-/m1/s1. The fraction of sp³-hybridized carbons (Fsp3) is 1.00. The van der Waals surface area contributed by atoms with Crippen molar-refractivity contribution in [2.24, 2.45) is 5.92 Å². The predicted octanol–water partition coefficient (Wildman–Crippen LogP) is 2.21. The summed E-state index contributed by atoms with van der Waals surface area (Å²) in [6.45, 7) is 0.802. The van der Waals surface area contributed by atoms with E-state index in [0.717, 1.165) is 6.61 Å². The molecule has 0 bridgehead atoms. The molecule has 2 rings (SSSR count). The van der Waals surface area contributed by atoms with Gasteiger partial charge >= 0.3 is 0 Å². The minimum Gasteiger partial charge on any atom is -0.373 e. The van der Waals surface area contributed by atoms with Crippen molar-refractivity contribution in [3.05, 3.63) is 0 Å². The van der Waals surface area contributed by atoms with Gasteiger partial charge in [0.25, 0.3) is 0 Å². The summed E-state index contributed by atoms with van der Waals surface area (Å²) in [6.07, 6.45) is 1.76. The lowest BCUT2D eigenvalue weighted by molar-refractivity contribution is -0.0482. The largest absolute Gasteiger partial charge is 0.373 e. The second-order valence-corrected chi connectivity index (χ2v) is 3.57. The van der Waals surface area contributed by atoms with Crippen LogP contribution in [0.2, 0.25) is 0 Å². The number of halogens is 2. The van der Waals surface area contributed by atoms with E-state index in [-0.39, 0.29) is 12.8 Å². The van der Waals surface area contributed by atoms with E-state index in [1.165, 1.54) is 0 Å². The minimum atomic E-state index is -2.38. The van der Waals surface area contributed by atoms with Crippen LogP contribution < -0.4 is 0 Å². The van der Waals surface area contributed by atoms with Crippen molar-refractivity contribution in [1.82, 2.24) is 0 Å². The molecule has 0 unspecified atom stereocenters. The first-order valence-electron chi connectivity index (χ1n) is 4.17. The van der Waals surface area contributed by atoms with E-state index in [9.17, 15) is 8.78 Å². The van der Waals surface area contributed by atoms with Crippen molar-refractivity contribution in [3.8, 4) is 0 Å². The lowest BCUT2D eigenvalue weighted by Gasteiger charge is -2.26. The van der Waals surface area contributed by atoms with E-state index in [1.807, 2.05) is 0 Å². The van der Waals surface area contributed by atoms with Gasteiger partial charge in [0.1, 0.15) is 0 Å². The Bertz CT molecular complexity index is 144. The van der Waals surface area contributed by atoms with Crippen LogP contribution in [0.25, 0.3) is 0 Å². The van der Waals surface area contributed by atoms with E-state index < -0.39 is 5.92 Å². The van der Waals surface area contributed by atoms with E-state index in [4.69, 9.17) is 4.74 Å². The summed E-state index contributed by atoms with van der Waals surface area (Å²) in [5, 5.41) is 0. The average Bonchev–Trinajstić information content (AvgIpc) is 2.70.